The maximum atomic E-state index is 13.6. The van der Waals surface area contributed by atoms with Crippen molar-refractivity contribution < 1.29 is 9.18 Å². The number of hydrogen-bond acceptors (Lipinski definition) is 4. The van der Waals surface area contributed by atoms with Gasteiger partial charge in [-0.3, -0.25) is 4.79 Å². The second-order valence-electron chi connectivity index (χ2n) is 6.20. The normalized spacial score (nSPS) is 10.5. The number of nitrogens with one attached hydrogen (secondary N) is 2. The molecule has 0 spiro atoms. The van der Waals surface area contributed by atoms with Gasteiger partial charge in [0.1, 0.15) is 5.82 Å². The number of halogens is 2. The second-order valence-corrected chi connectivity index (χ2v) is 6.63. The third kappa shape index (κ3) is 5.76. The third-order valence-electron chi connectivity index (χ3n) is 4.16. The molecule has 0 atom stereocenters. The summed E-state index contributed by atoms with van der Waals surface area (Å²) in [6, 6.07) is 14.2. The van der Waals surface area contributed by atoms with Crippen LogP contribution in [-0.2, 0) is 12.8 Å². The Morgan fingerprint density at radius 3 is 2.39 bits per heavy atom. The lowest BCUT2D eigenvalue weighted by molar-refractivity contribution is 0.0953. The fourth-order valence-electron chi connectivity index (χ4n) is 2.62. The molecule has 1 aromatic heterocycles. The number of benzene rings is 2. The van der Waals surface area contributed by atoms with Gasteiger partial charge in [0, 0.05) is 30.5 Å². The Bertz CT molecular complexity index is 916. The van der Waals surface area contributed by atoms with Crippen molar-refractivity contribution in [3.05, 3.63) is 88.5 Å². The molecule has 0 fully saturated rings. The van der Waals surface area contributed by atoms with Crippen LogP contribution in [0.2, 0.25) is 5.02 Å². The molecular formula is C21H20ClFN4O. The molecule has 0 unspecified atom stereocenters. The van der Waals surface area contributed by atoms with Gasteiger partial charge in [0.05, 0.1) is 5.56 Å². The number of aromatic nitrogens is 2. The van der Waals surface area contributed by atoms with E-state index in [4.69, 9.17) is 11.6 Å². The first kappa shape index (κ1) is 19.8. The van der Waals surface area contributed by atoms with Crippen molar-refractivity contribution in [1.29, 1.82) is 0 Å². The summed E-state index contributed by atoms with van der Waals surface area (Å²) < 4.78 is 13.6. The SMILES string of the molecule is O=C(NCCc1ccccc1F)c1cnc(NCCc2ccc(Cl)cc2)nc1. The lowest BCUT2D eigenvalue weighted by Crippen LogP contribution is -2.26. The lowest BCUT2D eigenvalue weighted by Gasteiger charge is -2.07. The molecule has 1 amide bonds. The van der Waals surface area contributed by atoms with Gasteiger partial charge in [0.15, 0.2) is 0 Å². The number of anilines is 1. The summed E-state index contributed by atoms with van der Waals surface area (Å²) >= 11 is 5.87. The molecule has 1 heterocycles. The summed E-state index contributed by atoms with van der Waals surface area (Å²) in [5.41, 5.74) is 2.08. The summed E-state index contributed by atoms with van der Waals surface area (Å²) in [5.74, 6) is -0.102. The van der Waals surface area contributed by atoms with E-state index in [-0.39, 0.29) is 11.7 Å². The standard InChI is InChI=1S/C21H20ClFN4O/c22-18-7-5-15(6-8-18)9-11-25-21-26-13-17(14-27-21)20(28)24-12-10-16-3-1-2-4-19(16)23/h1-8,13-14H,9-12H2,(H,24,28)(H,25,26,27). The Labute approximate surface area is 168 Å². The molecule has 0 saturated heterocycles. The largest absolute Gasteiger partial charge is 0.354 e. The molecule has 2 N–H and O–H groups in total. The van der Waals surface area contributed by atoms with E-state index in [0.717, 1.165) is 12.0 Å². The summed E-state index contributed by atoms with van der Waals surface area (Å²) in [4.78, 5) is 20.5. The predicted molar refractivity (Wildman–Crippen MR) is 108 cm³/mol. The van der Waals surface area contributed by atoms with Crippen molar-refractivity contribution in [1.82, 2.24) is 15.3 Å². The van der Waals surface area contributed by atoms with Crippen LogP contribution in [0.1, 0.15) is 21.5 Å². The van der Waals surface area contributed by atoms with Crippen molar-refractivity contribution in [2.75, 3.05) is 18.4 Å². The molecule has 0 aliphatic carbocycles. The number of carbonyl (C=O) groups is 1. The van der Waals surface area contributed by atoms with Crippen LogP contribution < -0.4 is 10.6 Å². The fourth-order valence-corrected chi connectivity index (χ4v) is 2.75. The van der Waals surface area contributed by atoms with Gasteiger partial charge in [-0.15, -0.1) is 0 Å². The average molecular weight is 399 g/mol. The Hall–Kier alpha value is -2.99. The molecule has 3 aromatic rings. The molecule has 5 nitrogen and oxygen atoms in total. The Balaban J connectivity index is 1.43. The minimum atomic E-state index is -0.288. The molecule has 3 rings (SSSR count). The van der Waals surface area contributed by atoms with Crippen LogP contribution in [0.3, 0.4) is 0 Å². The van der Waals surface area contributed by atoms with Gasteiger partial charge in [0.25, 0.3) is 5.91 Å². The molecule has 0 aliphatic heterocycles. The summed E-state index contributed by atoms with van der Waals surface area (Å²) in [6.07, 6.45) is 4.16. The van der Waals surface area contributed by atoms with Gasteiger partial charge in [-0.25, -0.2) is 14.4 Å². The highest BCUT2D eigenvalue weighted by molar-refractivity contribution is 6.30. The van der Waals surface area contributed by atoms with E-state index in [0.29, 0.717) is 41.6 Å². The summed E-state index contributed by atoms with van der Waals surface area (Å²) in [5, 5.41) is 6.57. The highest BCUT2D eigenvalue weighted by atomic mass is 35.5. The van der Waals surface area contributed by atoms with Crippen molar-refractivity contribution in [3.8, 4) is 0 Å². The van der Waals surface area contributed by atoms with E-state index in [9.17, 15) is 9.18 Å². The van der Waals surface area contributed by atoms with Crippen LogP contribution in [0.25, 0.3) is 0 Å². The number of rotatable bonds is 8. The van der Waals surface area contributed by atoms with Gasteiger partial charge in [-0.1, -0.05) is 41.9 Å². The van der Waals surface area contributed by atoms with Crippen LogP contribution in [0.5, 0.6) is 0 Å². The maximum absolute atomic E-state index is 13.6. The minimum Gasteiger partial charge on any atom is -0.354 e. The van der Waals surface area contributed by atoms with Gasteiger partial charge in [-0.2, -0.15) is 0 Å². The van der Waals surface area contributed by atoms with Crippen LogP contribution in [0, 0.1) is 5.82 Å². The number of hydrogen-bond donors (Lipinski definition) is 2. The smallest absolute Gasteiger partial charge is 0.254 e. The van der Waals surface area contributed by atoms with Crippen LogP contribution in [-0.4, -0.2) is 29.0 Å². The zero-order valence-electron chi connectivity index (χ0n) is 15.2. The van der Waals surface area contributed by atoms with E-state index in [2.05, 4.69) is 20.6 Å². The third-order valence-corrected chi connectivity index (χ3v) is 4.41. The Morgan fingerprint density at radius 1 is 0.964 bits per heavy atom. The van der Waals surface area contributed by atoms with Crippen molar-refractivity contribution in [2.45, 2.75) is 12.8 Å². The van der Waals surface area contributed by atoms with Gasteiger partial charge < -0.3 is 10.6 Å². The molecule has 0 saturated carbocycles. The molecule has 0 aliphatic rings. The quantitative estimate of drug-likeness (QED) is 0.604. The molecule has 2 aromatic carbocycles. The van der Waals surface area contributed by atoms with Gasteiger partial charge in [-0.05, 0) is 42.2 Å². The van der Waals surface area contributed by atoms with Crippen molar-refractivity contribution in [3.63, 3.8) is 0 Å². The van der Waals surface area contributed by atoms with Gasteiger partial charge in [0.2, 0.25) is 5.95 Å². The monoisotopic (exact) mass is 398 g/mol. The van der Waals surface area contributed by atoms with Crippen LogP contribution >= 0.6 is 11.6 Å². The lowest BCUT2D eigenvalue weighted by atomic mass is 10.1. The predicted octanol–water partition coefficient (Wildman–Crippen LogP) is 3.90. The summed E-state index contributed by atoms with van der Waals surface area (Å²) in [6.45, 7) is 0.997. The van der Waals surface area contributed by atoms with Crippen molar-refractivity contribution in [2.24, 2.45) is 0 Å². The highest BCUT2D eigenvalue weighted by Gasteiger charge is 2.08. The molecular weight excluding hydrogens is 379 g/mol. The fraction of sp³-hybridized carbons (Fsp3) is 0.190. The van der Waals surface area contributed by atoms with E-state index in [1.54, 1.807) is 18.2 Å². The maximum Gasteiger partial charge on any atom is 0.254 e. The molecule has 144 valence electrons. The minimum absolute atomic E-state index is 0.269. The van der Waals surface area contributed by atoms with E-state index in [1.165, 1.54) is 18.5 Å². The second kappa shape index (κ2) is 9.80. The number of carbonyl (C=O) groups excluding carboxylic acids is 1. The average Bonchev–Trinajstić information content (AvgIpc) is 2.71. The van der Waals surface area contributed by atoms with Crippen LogP contribution in [0.4, 0.5) is 10.3 Å². The molecule has 0 bridgehead atoms. The number of nitrogens with zero attached hydrogens (tertiary/aromatic N) is 2. The topological polar surface area (TPSA) is 66.9 Å². The zero-order valence-corrected chi connectivity index (χ0v) is 15.9. The Kier molecular flexibility index (Phi) is 6.92. The molecule has 0 radical (unpaired) electrons. The Morgan fingerprint density at radius 2 is 1.68 bits per heavy atom. The van der Waals surface area contributed by atoms with Gasteiger partial charge >= 0.3 is 0 Å². The van der Waals surface area contributed by atoms with Crippen molar-refractivity contribution >= 4 is 23.5 Å². The van der Waals surface area contributed by atoms with E-state index < -0.39 is 0 Å². The first-order chi connectivity index (χ1) is 13.6. The zero-order chi connectivity index (χ0) is 19.8. The first-order valence-corrected chi connectivity index (χ1v) is 9.31. The summed E-state index contributed by atoms with van der Waals surface area (Å²) in [7, 11) is 0. The van der Waals surface area contributed by atoms with E-state index >= 15 is 0 Å². The van der Waals surface area contributed by atoms with Crippen LogP contribution in [0.15, 0.2) is 60.9 Å². The molecule has 28 heavy (non-hydrogen) atoms. The van der Waals surface area contributed by atoms with E-state index in [1.807, 2.05) is 24.3 Å². The highest BCUT2D eigenvalue weighted by Crippen LogP contribution is 2.10. The number of amides is 1. The first-order valence-electron chi connectivity index (χ1n) is 8.94. The molecule has 7 heteroatoms.